The van der Waals surface area contributed by atoms with Gasteiger partial charge in [-0.25, -0.2) is 0 Å². The molecule has 1 aliphatic carbocycles. The smallest absolute Gasteiger partial charge is 0.193 e. The van der Waals surface area contributed by atoms with E-state index in [1.165, 1.54) is 44.3 Å². The van der Waals surface area contributed by atoms with Crippen molar-refractivity contribution >= 4 is 41.7 Å². The lowest BCUT2D eigenvalue weighted by atomic mass is 10.1. The Labute approximate surface area is 170 Å². The van der Waals surface area contributed by atoms with Gasteiger partial charge in [0.05, 0.1) is 6.10 Å². The zero-order valence-corrected chi connectivity index (χ0v) is 18.6. The fourth-order valence-electron chi connectivity index (χ4n) is 3.59. The minimum Gasteiger partial charge on any atom is -0.378 e. The molecule has 2 rings (SSSR count). The van der Waals surface area contributed by atoms with Crippen LogP contribution in [0.1, 0.15) is 51.4 Å². The van der Waals surface area contributed by atoms with Gasteiger partial charge in [0.1, 0.15) is 0 Å². The first-order chi connectivity index (χ1) is 11.3. The van der Waals surface area contributed by atoms with Crippen LogP contribution in [0.15, 0.2) is 4.99 Å². The number of unbranched alkanes of at least 4 members (excludes halogenated alkanes) is 1. The maximum atomic E-state index is 6.16. The van der Waals surface area contributed by atoms with E-state index >= 15 is 0 Å². The summed E-state index contributed by atoms with van der Waals surface area (Å²) in [4.78, 5) is 6.84. The lowest BCUT2D eigenvalue weighted by Gasteiger charge is -2.34. The fraction of sp³-hybridized carbons (Fsp3) is 0.944. The van der Waals surface area contributed by atoms with Crippen molar-refractivity contribution in [3.63, 3.8) is 0 Å². The maximum absolute atomic E-state index is 6.16. The molecular weight excluding hydrogens is 433 g/mol. The second kappa shape index (κ2) is 13.5. The van der Waals surface area contributed by atoms with Gasteiger partial charge in [0.2, 0.25) is 0 Å². The highest BCUT2D eigenvalue weighted by Gasteiger charge is 2.23. The quantitative estimate of drug-likeness (QED) is 0.253. The van der Waals surface area contributed by atoms with Crippen LogP contribution < -0.4 is 5.32 Å². The first-order valence-corrected chi connectivity index (χ1v) is 10.8. The molecule has 0 aromatic carbocycles. The Morgan fingerprint density at radius 2 is 1.88 bits per heavy atom. The molecule has 0 atom stereocenters. The van der Waals surface area contributed by atoms with E-state index < -0.39 is 0 Å². The van der Waals surface area contributed by atoms with Crippen LogP contribution in [0.4, 0.5) is 0 Å². The molecule has 0 radical (unpaired) electrons. The van der Waals surface area contributed by atoms with E-state index in [1.54, 1.807) is 0 Å². The number of hydrogen-bond acceptors (Lipinski definition) is 3. The van der Waals surface area contributed by atoms with Crippen molar-refractivity contribution in [3.8, 4) is 0 Å². The van der Waals surface area contributed by atoms with Gasteiger partial charge >= 0.3 is 0 Å². The van der Waals surface area contributed by atoms with Crippen molar-refractivity contribution in [3.05, 3.63) is 0 Å². The SMILES string of the molecule is CN=C(NCCCCSC)N1CCC(OCC2CCCC2)CC1.I. The molecule has 2 aliphatic rings. The number of thioether (sulfide) groups is 1. The molecule has 0 spiro atoms. The van der Waals surface area contributed by atoms with Gasteiger partial charge in [-0.3, -0.25) is 4.99 Å². The lowest BCUT2D eigenvalue weighted by Crippen LogP contribution is -2.47. The van der Waals surface area contributed by atoms with Crippen LogP contribution in [0.5, 0.6) is 0 Å². The van der Waals surface area contributed by atoms with Gasteiger partial charge in [-0.05, 0) is 56.5 Å². The predicted octanol–water partition coefficient (Wildman–Crippen LogP) is 3.99. The summed E-state index contributed by atoms with van der Waals surface area (Å²) in [6.07, 6.45) is 13.0. The summed E-state index contributed by atoms with van der Waals surface area (Å²) in [7, 11) is 1.90. The van der Waals surface area contributed by atoms with Crippen molar-refractivity contribution < 1.29 is 4.74 Å². The summed E-state index contributed by atoms with van der Waals surface area (Å²) in [5.41, 5.74) is 0. The minimum absolute atomic E-state index is 0. The van der Waals surface area contributed by atoms with Crippen molar-refractivity contribution in [1.82, 2.24) is 10.2 Å². The molecule has 2 fully saturated rings. The number of aliphatic imine (C=N–C) groups is 1. The molecule has 24 heavy (non-hydrogen) atoms. The van der Waals surface area contributed by atoms with E-state index in [2.05, 4.69) is 21.5 Å². The first kappa shape index (κ1) is 22.4. The van der Waals surface area contributed by atoms with E-state index in [9.17, 15) is 0 Å². The third kappa shape index (κ3) is 8.13. The molecule has 6 heteroatoms. The van der Waals surface area contributed by atoms with Crippen LogP contribution in [-0.2, 0) is 4.74 Å². The molecule has 0 amide bonds. The molecule has 0 unspecified atom stereocenters. The predicted molar refractivity (Wildman–Crippen MR) is 117 cm³/mol. The number of likely N-dealkylation sites (tertiary alicyclic amines) is 1. The molecule has 4 nitrogen and oxygen atoms in total. The standard InChI is InChI=1S/C18H35N3OS.HI/c1-19-18(20-11-5-6-14-23-2)21-12-9-17(10-13-21)22-15-16-7-3-4-8-16;/h16-17H,3-15H2,1-2H3,(H,19,20);1H. The Kier molecular flexibility index (Phi) is 12.6. The van der Waals surface area contributed by atoms with Gasteiger partial charge in [-0.1, -0.05) is 12.8 Å². The molecule has 142 valence electrons. The number of halogens is 1. The van der Waals surface area contributed by atoms with Crippen molar-refractivity contribution in [2.75, 3.05) is 45.3 Å². The maximum Gasteiger partial charge on any atom is 0.193 e. The van der Waals surface area contributed by atoms with Gasteiger partial charge < -0.3 is 15.0 Å². The van der Waals surface area contributed by atoms with Gasteiger partial charge in [-0.15, -0.1) is 24.0 Å². The zero-order chi connectivity index (χ0) is 16.3. The van der Waals surface area contributed by atoms with Crippen LogP contribution in [0.3, 0.4) is 0 Å². The topological polar surface area (TPSA) is 36.9 Å². The minimum atomic E-state index is 0. The fourth-order valence-corrected chi connectivity index (χ4v) is 4.08. The van der Waals surface area contributed by atoms with Gasteiger partial charge in [0.15, 0.2) is 5.96 Å². The summed E-state index contributed by atoms with van der Waals surface area (Å²) < 4.78 is 6.16. The van der Waals surface area contributed by atoms with Crippen molar-refractivity contribution in [1.29, 1.82) is 0 Å². The molecule has 1 saturated carbocycles. The molecule has 1 heterocycles. The van der Waals surface area contributed by atoms with E-state index in [-0.39, 0.29) is 24.0 Å². The summed E-state index contributed by atoms with van der Waals surface area (Å²) >= 11 is 1.93. The second-order valence-electron chi connectivity index (χ2n) is 6.84. The second-order valence-corrected chi connectivity index (χ2v) is 7.83. The van der Waals surface area contributed by atoms with E-state index in [0.717, 1.165) is 51.0 Å². The summed E-state index contributed by atoms with van der Waals surface area (Å²) in [5.74, 6) is 3.16. The molecular formula is C18H36IN3OS. The van der Waals surface area contributed by atoms with Crippen LogP contribution in [0.25, 0.3) is 0 Å². The number of piperidine rings is 1. The molecule has 0 aromatic heterocycles. The average Bonchev–Trinajstić information content (AvgIpc) is 3.10. The van der Waals surface area contributed by atoms with Crippen LogP contribution in [0.2, 0.25) is 0 Å². The molecule has 0 bridgehead atoms. The Morgan fingerprint density at radius 1 is 1.17 bits per heavy atom. The molecule has 1 saturated heterocycles. The highest BCUT2D eigenvalue weighted by Crippen LogP contribution is 2.26. The number of hydrogen-bond donors (Lipinski definition) is 1. The van der Waals surface area contributed by atoms with E-state index in [0.29, 0.717) is 6.10 Å². The number of nitrogens with one attached hydrogen (secondary N) is 1. The monoisotopic (exact) mass is 469 g/mol. The van der Waals surface area contributed by atoms with E-state index in [4.69, 9.17) is 4.74 Å². The summed E-state index contributed by atoms with van der Waals surface area (Å²) in [6.45, 7) is 4.16. The van der Waals surface area contributed by atoms with Gasteiger partial charge in [-0.2, -0.15) is 11.8 Å². The van der Waals surface area contributed by atoms with Crippen LogP contribution in [0, 0.1) is 5.92 Å². The van der Waals surface area contributed by atoms with Crippen molar-refractivity contribution in [2.45, 2.75) is 57.5 Å². The Balaban J connectivity index is 0.00000288. The van der Waals surface area contributed by atoms with Gasteiger partial charge in [0, 0.05) is 33.3 Å². The first-order valence-electron chi connectivity index (χ1n) is 9.39. The normalized spacial score (nSPS) is 20.2. The number of nitrogens with zero attached hydrogens (tertiary/aromatic N) is 2. The number of ether oxygens (including phenoxy) is 1. The Bertz CT molecular complexity index is 343. The molecule has 0 aromatic rings. The largest absolute Gasteiger partial charge is 0.378 e. The number of rotatable bonds is 8. The third-order valence-electron chi connectivity index (χ3n) is 5.05. The molecule has 1 aliphatic heterocycles. The Hall–Kier alpha value is 0.310. The van der Waals surface area contributed by atoms with Crippen LogP contribution >= 0.6 is 35.7 Å². The number of guanidine groups is 1. The van der Waals surface area contributed by atoms with Crippen molar-refractivity contribution in [2.24, 2.45) is 10.9 Å². The highest BCUT2D eigenvalue weighted by atomic mass is 127. The summed E-state index contributed by atoms with van der Waals surface area (Å²) in [6, 6.07) is 0. The average molecular weight is 469 g/mol. The van der Waals surface area contributed by atoms with E-state index in [1.807, 2.05) is 18.8 Å². The summed E-state index contributed by atoms with van der Waals surface area (Å²) in [5, 5.41) is 3.52. The lowest BCUT2D eigenvalue weighted by molar-refractivity contribution is 0.00102. The Morgan fingerprint density at radius 3 is 2.50 bits per heavy atom. The highest BCUT2D eigenvalue weighted by molar-refractivity contribution is 14.0. The zero-order valence-electron chi connectivity index (χ0n) is 15.5. The van der Waals surface area contributed by atoms with Crippen LogP contribution in [-0.4, -0.2) is 62.3 Å². The third-order valence-corrected chi connectivity index (χ3v) is 5.75. The van der Waals surface area contributed by atoms with Gasteiger partial charge in [0.25, 0.3) is 0 Å². The molecule has 1 N–H and O–H groups in total.